The maximum absolute atomic E-state index is 11.7. The van der Waals surface area contributed by atoms with Crippen molar-refractivity contribution >= 4 is 11.9 Å². The molecule has 0 bridgehead atoms. The van der Waals surface area contributed by atoms with Gasteiger partial charge in [-0.3, -0.25) is 4.79 Å². The Bertz CT molecular complexity index is 620. The van der Waals surface area contributed by atoms with E-state index in [9.17, 15) is 14.7 Å². The van der Waals surface area contributed by atoms with Crippen LogP contribution in [0.4, 0.5) is 0 Å². The molecule has 1 unspecified atom stereocenters. The number of amides is 1. The number of rotatable bonds is 4. The summed E-state index contributed by atoms with van der Waals surface area (Å²) in [5, 5.41) is 12.0. The first-order chi connectivity index (χ1) is 9.97. The molecule has 2 rings (SSSR count). The average molecular weight is 291 g/mol. The van der Waals surface area contributed by atoms with Gasteiger partial charge in [-0.2, -0.15) is 0 Å². The van der Waals surface area contributed by atoms with E-state index in [1.54, 1.807) is 25.1 Å². The van der Waals surface area contributed by atoms with Crippen molar-refractivity contribution in [3.05, 3.63) is 35.0 Å². The smallest absolute Gasteiger partial charge is 0.333 e. The average Bonchev–Trinajstić information content (AvgIpc) is 2.45. The number of carboxylic acid groups (broad SMARTS) is 1. The zero-order valence-electron chi connectivity index (χ0n) is 12.1. The highest BCUT2D eigenvalue weighted by molar-refractivity contribution is 5.94. The number of methoxy groups -OCH3 is 2. The topological polar surface area (TPSA) is 84.9 Å². The van der Waals surface area contributed by atoms with E-state index in [0.29, 0.717) is 22.8 Å². The number of ether oxygens (including phenoxy) is 2. The number of hydrogen-bond donors (Lipinski definition) is 2. The summed E-state index contributed by atoms with van der Waals surface area (Å²) in [6.07, 6.45) is 0.0711. The SMILES string of the molecule is COc1ccc(C2CC(=O)NC(C)=C2C(=O)O)c(OC)c1. The van der Waals surface area contributed by atoms with Gasteiger partial charge in [-0.1, -0.05) is 6.07 Å². The van der Waals surface area contributed by atoms with Crippen LogP contribution in [0, 0.1) is 0 Å². The molecule has 1 aromatic carbocycles. The van der Waals surface area contributed by atoms with Gasteiger partial charge in [-0.25, -0.2) is 4.79 Å². The first kappa shape index (κ1) is 14.9. The minimum atomic E-state index is -1.05. The second kappa shape index (κ2) is 5.87. The molecule has 1 amide bonds. The number of hydrogen-bond acceptors (Lipinski definition) is 4. The van der Waals surface area contributed by atoms with Gasteiger partial charge in [-0.15, -0.1) is 0 Å². The van der Waals surface area contributed by atoms with Crippen LogP contribution in [0.3, 0.4) is 0 Å². The first-order valence-corrected chi connectivity index (χ1v) is 6.43. The van der Waals surface area contributed by atoms with E-state index in [0.717, 1.165) is 0 Å². The number of carboxylic acids is 1. The second-order valence-electron chi connectivity index (χ2n) is 4.76. The van der Waals surface area contributed by atoms with Crippen molar-refractivity contribution in [1.29, 1.82) is 0 Å². The van der Waals surface area contributed by atoms with Crippen LogP contribution in [-0.2, 0) is 9.59 Å². The van der Waals surface area contributed by atoms with Crippen LogP contribution in [0.5, 0.6) is 11.5 Å². The van der Waals surface area contributed by atoms with Gasteiger partial charge in [0, 0.05) is 29.7 Å². The van der Waals surface area contributed by atoms with E-state index in [4.69, 9.17) is 9.47 Å². The second-order valence-corrected chi connectivity index (χ2v) is 4.76. The van der Waals surface area contributed by atoms with E-state index in [-0.39, 0.29) is 17.9 Å². The Labute approximate surface area is 122 Å². The Kier molecular flexibility index (Phi) is 4.16. The van der Waals surface area contributed by atoms with Gasteiger partial charge in [0.15, 0.2) is 0 Å². The van der Waals surface area contributed by atoms with Crippen LogP contribution in [0.2, 0.25) is 0 Å². The fourth-order valence-electron chi connectivity index (χ4n) is 2.56. The summed E-state index contributed by atoms with van der Waals surface area (Å²) < 4.78 is 10.4. The van der Waals surface area contributed by atoms with Crippen LogP contribution in [-0.4, -0.2) is 31.2 Å². The Balaban J connectivity index is 2.55. The standard InChI is InChI=1S/C15H17NO5/c1-8-14(15(18)19)11(7-13(17)16-8)10-5-4-9(20-2)6-12(10)21-3/h4-6,11H,7H2,1-3H3,(H,16,17)(H,18,19). The van der Waals surface area contributed by atoms with Crippen LogP contribution in [0.1, 0.15) is 24.8 Å². The molecule has 1 aliphatic heterocycles. The summed E-state index contributed by atoms with van der Waals surface area (Å²) in [7, 11) is 3.04. The molecule has 0 saturated heterocycles. The van der Waals surface area contributed by atoms with Crippen LogP contribution in [0.25, 0.3) is 0 Å². The molecule has 0 radical (unpaired) electrons. The molecule has 0 fully saturated rings. The van der Waals surface area contributed by atoms with Crippen molar-refractivity contribution in [1.82, 2.24) is 5.32 Å². The third-order valence-corrected chi connectivity index (χ3v) is 3.52. The highest BCUT2D eigenvalue weighted by Gasteiger charge is 2.33. The molecule has 21 heavy (non-hydrogen) atoms. The maximum atomic E-state index is 11.7. The highest BCUT2D eigenvalue weighted by Crippen LogP contribution is 2.39. The van der Waals surface area contributed by atoms with Gasteiger partial charge in [0.1, 0.15) is 11.5 Å². The Morgan fingerprint density at radius 1 is 1.33 bits per heavy atom. The van der Waals surface area contributed by atoms with Gasteiger partial charge in [0.05, 0.1) is 19.8 Å². The molecule has 0 spiro atoms. The fraction of sp³-hybridized carbons (Fsp3) is 0.333. The Hall–Kier alpha value is -2.50. The van der Waals surface area contributed by atoms with Crippen molar-refractivity contribution in [2.75, 3.05) is 14.2 Å². The van der Waals surface area contributed by atoms with E-state index in [1.807, 2.05) is 0 Å². The van der Waals surface area contributed by atoms with Crippen molar-refractivity contribution < 1.29 is 24.2 Å². The van der Waals surface area contributed by atoms with E-state index >= 15 is 0 Å². The minimum Gasteiger partial charge on any atom is -0.497 e. The van der Waals surface area contributed by atoms with Gasteiger partial charge < -0.3 is 19.9 Å². The summed E-state index contributed by atoms with van der Waals surface area (Å²) in [6, 6.07) is 5.13. The summed E-state index contributed by atoms with van der Waals surface area (Å²) >= 11 is 0. The van der Waals surface area contributed by atoms with Crippen LogP contribution >= 0.6 is 0 Å². The lowest BCUT2D eigenvalue weighted by Gasteiger charge is -2.26. The lowest BCUT2D eigenvalue weighted by molar-refractivity contribution is -0.133. The predicted molar refractivity (Wildman–Crippen MR) is 75.4 cm³/mol. The molecular formula is C15H17NO5. The molecule has 1 heterocycles. The molecule has 0 aliphatic carbocycles. The number of nitrogens with one attached hydrogen (secondary N) is 1. The third kappa shape index (κ3) is 2.84. The summed E-state index contributed by atoms with van der Waals surface area (Å²) in [5.41, 5.74) is 1.20. The molecule has 112 valence electrons. The summed E-state index contributed by atoms with van der Waals surface area (Å²) in [6.45, 7) is 1.59. The van der Waals surface area contributed by atoms with Crippen LogP contribution < -0.4 is 14.8 Å². The summed E-state index contributed by atoms with van der Waals surface area (Å²) in [5.74, 6) is -0.693. The van der Waals surface area contributed by atoms with Gasteiger partial charge in [0.2, 0.25) is 5.91 Å². The molecule has 0 aromatic heterocycles. The minimum absolute atomic E-state index is 0.0711. The van der Waals surface area contributed by atoms with E-state index in [1.165, 1.54) is 14.2 Å². The molecule has 6 heteroatoms. The molecule has 1 aromatic rings. The monoisotopic (exact) mass is 291 g/mol. The van der Waals surface area contributed by atoms with Crippen molar-refractivity contribution in [2.45, 2.75) is 19.3 Å². The normalized spacial score (nSPS) is 18.2. The predicted octanol–water partition coefficient (Wildman–Crippen LogP) is 1.67. The molecule has 6 nitrogen and oxygen atoms in total. The molecule has 1 aliphatic rings. The van der Waals surface area contributed by atoms with Crippen molar-refractivity contribution in [3.8, 4) is 11.5 Å². The van der Waals surface area contributed by atoms with Gasteiger partial charge in [0.25, 0.3) is 0 Å². The zero-order valence-corrected chi connectivity index (χ0v) is 12.1. The summed E-state index contributed by atoms with van der Waals surface area (Å²) in [4.78, 5) is 23.2. The van der Waals surface area contributed by atoms with Crippen LogP contribution in [0.15, 0.2) is 29.5 Å². The van der Waals surface area contributed by atoms with Crippen molar-refractivity contribution in [2.24, 2.45) is 0 Å². The largest absolute Gasteiger partial charge is 0.497 e. The quantitative estimate of drug-likeness (QED) is 0.881. The van der Waals surface area contributed by atoms with E-state index in [2.05, 4.69) is 5.32 Å². The zero-order chi connectivity index (χ0) is 15.6. The van der Waals surface area contributed by atoms with Crippen molar-refractivity contribution in [3.63, 3.8) is 0 Å². The molecular weight excluding hydrogens is 274 g/mol. The lowest BCUT2D eigenvalue weighted by Crippen LogP contribution is -2.33. The molecule has 0 saturated carbocycles. The number of benzene rings is 1. The number of allylic oxidation sites excluding steroid dienone is 1. The first-order valence-electron chi connectivity index (χ1n) is 6.43. The number of aliphatic carboxylic acids is 1. The molecule has 2 N–H and O–H groups in total. The van der Waals surface area contributed by atoms with E-state index < -0.39 is 11.9 Å². The molecule has 1 atom stereocenters. The highest BCUT2D eigenvalue weighted by atomic mass is 16.5. The third-order valence-electron chi connectivity index (χ3n) is 3.52. The van der Waals surface area contributed by atoms with Gasteiger partial charge in [-0.05, 0) is 13.0 Å². The fourth-order valence-corrected chi connectivity index (χ4v) is 2.56. The number of carbonyl (C=O) groups is 2. The lowest BCUT2D eigenvalue weighted by atomic mass is 9.84. The van der Waals surface area contributed by atoms with Gasteiger partial charge >= 0.3 is 5.97 Å². The number of carbonyl (C=O) groups excluding carboxylic acids is 1. The maximum Gasteiger partial charge on any atom is 0.333 e. The Morgan fingerprint density at radius 2 is 2.05 bits per heavy atom. The Morgan fingerprint density at radius 3 is 2.62 bits per heavy atom.